The van der Waals surface area contributed by atoms with Crippen molar-refractivity contribution in [2.45, 2.75) is 6.61 Å². The summed E-state index contributed by atoms with van der Waals surface area (Å²) in [7, 11) is 1.34. The lowest BCUT2D eigenvalue weighted by molar-refractivity contribution is 0.0600. The van der Waals surface area contributed by atoms with Gasteiger partial charge in [-0.3, -0.25) is 0 Å². The molecule has 0 atom stereocenters. The van der Waals surface area contributed by atoms with Gasteiger partial charge in [0.1, 0.15) is 18.2 Å². The first-order valence-electron chi connectivity index (χ1n) is 5.74. The first-order chi connectivity index (χ1) is 9.19. The highest BCUT2D eigenvalue weighted by Crippen LogP contribution is 2.14. The van der Waals surface area contributed by atoms with Crippen LogP contribution in [0.4, 0.5) is 4.39 Å². The molecule has 0 aliphatic carbocycles. The molecule has 0 aromatic heterocycles. The van der Waals surface area contributed by atoms with Crippen LogP contribution in [0.1, 0.15) is 15.9 Å². The quantitative estimate of drug-likeness (QED) is 0.792. The van der Waals surface area contributed by atoms with Crippen LogP contribution >= 0.6 is 0 Å². The molecule has 2 rings (SSSR count). The molecule has 0 saturated carbocycles. The Morgan fingerprint density at radius 2 is 1.68 bits per heavy atom. The molecule has 0 aliphatic rings. The summed E-state index contributed by atoms with van der Waals surface area (Å²) in [6.07, 6.45) is 0. The summed E-state index contributed by atoms with van der Waals surface area (Å²) in [4.78, 5) is 11.2. The summed E-state index contributed by atoms with van der Waals surface area (Å²) >= 11 is 0. The van der Waals surface area contributed by atoms with Gasteiger partial charge >= 0.3 is 5.97 Å². The number of halogens is 1. The maximum atomic E-state index is 12.7. The average Bonchev–Trinajstić information content (AvgIpc) is 2.46. The van der Waals surface area contributed by atoms with Crippen molar-refractivity contribution in [1.29, 1.82) is 0 Å². The highest BCUT2D eigenvalue weighted by Gasteiger charge is 2.04. The fourth-order valence-electron chi connectivity index (χ4n) is 1.55. The van der Waals surface area contributed by atoms with Gasteiger partial charge in [0.15, 0.2) is 0 Å². The standard InChI is InChI=1S/C15H13FO3/c1-18-15(17)12-4-2-11(3-5-12)10-19-14-8-6-13(16)7-9-14/h2-9H,10H2,1H3. The van der Waals surface area contributed by atoms with Crippen molar-refractivity contribution in [2.75, 3.05) is 7.11 Å². The van der Waals surface area contributed by atoms with Crippen molar-refractivity contribution in [3.05, 3.63) is 65.5 Å². The predicted octanol–water partition coefficient (Wildman–Crippen LogP) is 3.19. The molecule has 2 aromatic carbocycles. The second-order valence-electron chi connectivity index (χ2n) is 3.93. The van der Waals surface area contributed by atoms with E-state index in [2.05, 4.69) is 4.74 Å². The van der Waals surface area contributed by atoms with Gasteiger partial charge in [-0.05, 0) is 42.0 Å². The van der Waals surface area contributed by atoms with Crippen LogP contribution in [-0.4, -0.2) is 13.1 Å². The summed E-state index contributed by atoms with van der Waals surface area (Å²) in [6, 6.07) is 12.7. The normalized spacial score (nSPS) is 10.0. The molecule has 0 heterocycles. The van der Waals surface area contributed by atoms with Gasteiger partial charge in [-0.15, -0.1) is 0 Å². The summed E-state index contributed by atoms with van der Waals surface area (Å²) in [5.74, 6) is -0.0702. The zero-order valence-electron chi connectivity index (χ0n) is 10.4. The van der Waals surface area contributed by atoms with E-state index in [1.165, 1.54) is 19.2 Å². The summed E-state index contributed by atoms with van der Waals surface area (Å²) in [6.45, 7) is 0.354. The molecule has 0 fully saturated rings. The van der Waals surface area contributed by atoms with E-state index in [0.717, 1.165) is 5.56 Å². The van der Waals surface area contributed by atoms with Crippen LogP contribution in [0.5, 0.6) is 5.75 Å². The van der Waals surface area contributed by atoms with Gasteiger partial charge in [0, 0.05) is 0 Å². The zero-order chi connectivity index (χ0) is 13.7. The second kappa shape index (κ2) is 6.00. The minimum absolute atomic E-state index is 0.296. The van der Waals surface area contributed by atoms with Crippen molar-refractivity contribution >= 4 is 5.97 Å². The van der Waals surface area contributed by atoms with Crippen molar-refractivity contribution < 1.29 is 18.7 Å². The lowest BCUT2D eigenvalue weighted by atomic mass is 10.1. The fourth-order valence-corrected chi connectivity index (χ4v) is 1.55. The van der Waals surface area contributed by atoms with Crippen LogP contribution in [0.2, 0.25) is 0 Å². The SMILES string of the molecule is COC(=O)c1ccc(COc2ccc(F)cc2)cc1. The van der Waals surface area contributed by atoms with Crippen LogP contribution in [0.3, 0.4) is 0 Å². The van der Waals surface area contributed by atoms with E-state index >= 15 is 0 Å². The average molecular weight is 260 g/mol. The summed E-state index contributed by atoms with van der Waals surface area (Å²) in [5.41, 5.74) is 1.41. The Labute approximate surface area is 110 Å². The van der Waals surface area contributed by atoms with Gasteiger partial charge in [0.25, 0.3) is 0 Å². The van der Waals surface area contributed by atoms with E-state index in [4.69, 9.17) is 4.74 Å². The second-order valence-corrected chi connectivity index (χ2v) is 3.93. The number of carbonyl (C=O) groups is 1. The predicted molar refractivity (Wildman–Crippen MR) is 68.5 cm³/mol. The number of hydrogen-bond acceptors (Lipinski definition) is 3. The maximum absolute atomic E-state index is 12.7. The molecule has 0 unspecified atom stereocenters. The highest BCUT2D eigenvalue weighted by molar-refractivity contribution is 5.89. The third-order valence-corrected chi connectivity index (χ3v) is 2.59. The highest BCUT2D eigenvalue weighted by atomic mass is 19.1. The molecule has 19 heavy (non-hydrogen) atoms. The van der Waals surface area contributed by atoms with E-state index in [9.17, 15) is 9.18 Å². The number of hydrogen-bond donors (Lipinski definition) is 0. The molecule has 3 nitrogen and oxygen atoms in total. The Hall–Kier alpha value is -2.36. The van der Waals surface area contributed by atoms with Crippen molar-refractivity contribution in [1.82, 2.24) is 0 Å². The number of benzene rings is 2. The van der Waals surface area contributed by atoms with Gasteiger partial charge in [-0.2, -0.15) is 0 Å². The third-order valence-electron chi connectivity index (χ3n) is 2.59. The molecule has 2 aromatic rings. The molecule has 0 saturated heterocycles. The van der Waals surface area contributed by atoms with E-state index in [1.807, 2.05) is 0 Å². The summed E-state index contributed by atoms with van der Waals surface area (Å²) in [5, 5.41) is 0. The van der Waals surface area contributed by atoms with Gasteiger partial charge in [0.05, 0.1) is 12.7 Å². The molecule has 0 N–H and O–H groups in total. The van der Waals surface area contributed by atoms with E-state index in [-0.39, 0.29) is 11.8 Å². The first kappa shape index (κ1) is 13.1. The number of rotatable bonds is 4. The van der Waals surface area contributed by atoms with Crippen LogP contribution in [0.25, 0.3) is 0 Å². The lowest BCUT2D eigenvalue weighted by Crippen LogP contribution is -2.01. The van der Waals surface area contributed by atoms with Gasteiger partial charge in [-0.25, -0.2) is 9.18 Å². The first-order valence-corrected chi connectivity index (χ1v) is 5.74. The molecule has 0 amide bonds. The van der Waals surface area contributed by atoms with Crippen LogP contribution in [-0.2, 0) is 11.3 Å². The Morgan fingerprint density at radius 3 is 2.26 bits per heavy atom. The number of methoxy groups -OCH3 is 1. The Balaban J connectivity index is 1.96. The van der Waals surface area contributed by atoms with Crippen molar-refractivity contribution in [3.63, 3.8) is 0 Å². The largest absolute Gasteiger partial charge is 0.489 e. The minimum atomic E-state index is -0.369. The number of ether oxygens (including phenoxy) is 2. The zero-order valence-corrected chi connectivity index (χ0v) is 10.4. The van der Waals surface area contributed by atoms with Gasteiger partial charge in [0.2, 0.25) is 0 Å². The molecule has 0 bridgehead atoms. The van der Waals surface area contributed by atoms with E-state index in [1.54, 1.807) is 36.4 Å². The van der Waals surface area contributed by atoms with E-state index in [0.29, 0.717) is 17.9 Å². The molecule has 98 valence electrons. The molecule has 0 aliphatic heterocycles. The van der Waals surface area contributed by atoms with Crippen LogP contribution in [0, 0.1) is 5.82 Å². The Bertz CT molecular complexity index is 547. The number of carbonyl (C=O) groups excluding carboxylic acids is 1. The summed E-state index contributed by atoms with van der Waals surface area (Å²) < 4.78 is 22.8. The molecule has 4 heteroatoms. The van der Waals surface area contributed by atoms with Crippen LogP contribution in [0.15, 0.2) is 48.5 Å². The van der Waals surface area contributed by atoms with Crippen LogP contribution < -0.4 is 4.74 Å². The number of esters is 1. The molecular formula is C15H13FO3. The van der Waals surface area contributed by atoms with Gasteiger partial charge < -0.3 is 9.47 Å². The monoisotopic (exact) mass is 260 g/mol. The maximum Gasteiger partial charge on any atom is 0.337 e. The minimum Gasteiger partial charge on any atom is -0.489 e. The van der Waals surface area contributed by atoms with Crippen molar-refractivity contribution in [3.8, 4) is 5.75 Å². The Morgan fingerprint density at radius 1 is 1.05 bits per heavy atom. The molecule has 0 spiro atoms. The fraction of sp³-hybridized carbons (Fsp3) is 0.133. The molecular weight excluding hydrogens is 247 g/mol. The van der Waals surface area contributed by atoms with E-state index < -0.39 is 0 Å². The Kier molecular flexibility index (Phi) is 4.13. The smallest absolute Gasteiger partial charge is 0.337 e. The topological polar surface area (TPSA) is 35.5 Å². The lowest BCUT2D eigenvalue weighted by Gasteiger charge is -2.06. The van der Waals surface area contributed by atoms with Gasteiger partial charge in [-0.1, -0.05) is 12.1 Å². The third kappa shape index (κ3) is 3.55. The van der Waals surface area contributed by atoms with Crippen molar-refractivity contribution in [2.24, 2.45) is 0 Å². The molecule has 0 radical (unpaired) electrons.